The summed E-state index contributed by atoms with van der Waals surface area (Å²) >= 11 is 0. The average molecular weight is 362 g/mol. The van der Waals surface area contributed by atoms with Gasteiger partial charge in [0, 0.05) is 25.2 Å². The Hall–Kier alpha value is -1.40. The van der Waals surface area contributed by atoms with E-state index in [0.29, 0.717) is 28.3 Å². The largest absolute Gasteiger partial charge is 0.326 e. The van der Waals surface area contributed by atoms with Crippen LogP contribution in [-0.4, -0.2) is 31.2 Å². The van der Waals surface area contributed by atoms with Gasteiger partial charge in [0.25, 0.3) is 0 Å². The quantitative estimate of drug-likeness (QED) is 0.894. The van der Waals surface area contributed by atoms with E-state index in [2.05, 4.69) is 5.32 Å². The van der Waals surface area contributed by atoms with E-state index in [4.69, 9.17) is 0 Å². The van der Waals surface area contributed by atoms with Crippen LogP contribution in [0.5, 0.6) is 0 Å². The molecule has 4 aliphatic rings. The lowest BCUT2D eigenvalue weighted by atomic mass is 9.53. The number of hydrogen-bond donors (Lipinski definition) is 1. The minimum absolute atomic E-state index is 0.165. The number of hydrogen-bond acceptors (Lipinski definition) is 3. The fourth-order valence-electron chi connectivity index (χ4n) is 5.78. The van der Waals surface area contributed by atoms with Crippen LogP contribution < -0.4 is 5.32 Å². The second-order valence-corrected chi connectivity index (χ2v) is 10.3. The van der Waals surface area contributed by atoms with Gasteiger partial charge in [-0.15, -0.1) is 0 Å². The summed E-state index contributed by atoms with van der Waals surface area (Å²) in [7, 11) is -1.76. The molecule has 1 aromatic carbocycles. The molecule has 0 unspecified atom stereocenters. The molecule has 5 nitrogen and oxygen atoms in total. The second kappa shape index (κ2) is 5.81. The minimum atomic E-state index is -3.53. The lowest BCUT2D eigenvalue weighted by Gasteiger charge is -2.59. The summed E-state index contributed by atoms with van der Waals surface area (Å²) in [5.74, 6) is 1.93. The highest BCUT2D eigenvalue weighted by Crippen LogP contribution is 2.58. The third-order valence-corrected chi connectivity index (χ3v) is 8.48. The molecule has 4 fully saturated rings. The molecular weight excluding hydrogens is 336 g/mol. The highest BCUT2D eigenvalue weighted by atomic mass is 32.2. The number of nitrogens with one attached hydrogen (secondary N) is 1. The molecule has 0 aromatic heterocycles. The van der Waals surface area contributed by atoms with Gasteiger partial charge in [0.2, 0.25) is 15.9 Å². The van der Waals surface area contributed by atoms with E-state index in [-0.39, 0.29) is 11.4 Å². The molecule has 0 spiro atoms. The molecule has 4 bridgehead atoms. The van der Waals surface area contributed by atoms with Gasteiger partial charge in [-0.3, -0.25) is 4.79 Å². The molecule has 0 atom stereocenters. The summed E-state index contributed by atoms with van der Waals surface area (Å²) in [6.45, 7) is 1.44. The molecule has 136 valence electrons. The van der Waals surface area contributed by atoms with Gasteiger partial charge >= 0.3 is 0 Å². The fourth-order valence-corrected chi connectivity index (χ4v) is 7.31. The number of carbonyl (C=O) groups excluding carboxylic acids is 1. The van der Waals surface area contributed by atoms with Gasteiger partial charge in [-0.05, 0) is 80.5 Å². The molecule has 4 saturated carbocycles. The zero-order chi connectivity index (χ0) is 17.8. The smallest absolute Gasteiger partial charge is 0.243 e. The normalized spacial score (nSPS) is 33.6. The highest BCUT2D eigenvalue weighted by Gasteiger charge is 2.55. The Morgan fingerprint density at radius 1 is 1.04 bits per heavy atom. The zero-order valence-electron chi connectivity index (χ0n) is 14.9. The number of benzene rings is 1. The maximum Gasteiger partial charge on any atom is 0.243 e. The summed E-state index contributed by atoms with van der Waals surface area (Å²) in [6.07, 6.45) is 6.91. The zero-order valence-corrected chi connectivity index (χ0v) is 15.7. The number of nitrogens with zero attached hydrogens (tertiary/aromatic N) is 1. The first kappa shape index (κ1) is 17.0. The van der Waals surface area contributed by atoms with E-state index in [1.54, 1.807) is 35.6 Å². The van der Waals surface area contributed by atoms with Gasteiger partial charge in [-0.2, -0.15) is 4.31 Å². The molecule has 0 aliphatic heterocycles. The van der Waals surface area contributed by atoms with Gasteiger partial charge in [0.05, 0.1) is 4.90 Å². The molecule has 0 radical (unpaired) electrons. The second-order valence-electron chi connectivity index (χ2n) is 8.32. The maximum atomic E-state index is 13.2. The maximum absolute atomic E-state index is 13.2. The first-order valence-corrected chi connectivity index (χ1v) is 10.6. The van der Waals surface area contributed by atoms with Crippen LogP contribution in [0.25, 0.3) is 0 Å². The third-order valence-electron chi connectivity index (χ3n) is 6.51. The molecule has 4 aliphatic carbocycles. The number of amides is 1. The first-order valence-electron chi connectivity index (χ1n) is 9.15. The molecule has 6 heteroatoms. The van der Waals surface area contributed by atoms with E-state index in [9.17, 15) is 13.2 Å². The van der Waals surface area contributed by atoms with Gasteiger partial charge in [0.15, 0.2) is 0 Å². The van der Waals surface area contributed by atoms with Crippen LogP contribution in [0.2, 0.25) is 0 Å². The van der Waals surface area contributed by atoms with Crippen LogP contribution in [0, 0.1) is 17.8 Å². The molecule has 5 rings (SSSR count). The van der Waals surface area contributed by atoms with Crippen LogP contribution in [0.4, 0.5) is 5.69 Å². The standard InChI is InChI=1S/C19H26N2O3S/c1-13(22)20-17-3-5-18(6-4-17)25(23,24)21(2)19-10-14-7-15(11-19)9-16(8-14)12-19/h3-6,14-16H,7-12H2,1-2H3,(H,20,22). The Balaban J connectivity index is 1.60. The van der Waals surface area contributed by atoms with Gasteiger partial charge in [-0.1, -0.05) is 0 Å². The van der Waals surface area contributed by atoms with E-state index in [0.717, 1.165) is 19.3 Å². The predicted octanol–water partition coefficient (Wildman–Crippen LogP) is 3.23. The number of rotatable bonds is 4. The summed E-state index contributed by atoms with van der Waals surface area (Å²) in [5.41, 5.74) is 0.424. The fraction of sp³-hybridized carbons (Fsp3) is 0.632. The van der Waals surface area contributed by atoms with E-state index in [1.165, 1.54) is 26.2 Å². The Morgan fingerprint density at radius 2 is 1.52 bits per heavy atom. The SMILES string of the molecule is CC(=O)Nc1ccc(S(=O)(=O)N(C)C23CC4CC(CC(C4)C2)C3)cc1. The number of anilines is 1. The van der Waals surface area contributed by atoms with Crippen molar-refractivity contribution >= 4 is 21.6 Å². The van der Waals surface area contributed by atoms with Crippen LogP contribution in [0.15, 0.2) is 29.2 Å². The van der Waals surface area contributed by atoms with Crippen LogP contribution >= 0.6 is 0 Å². The molecular formula is C19H26N2O3S. The number of sulfonamides is 1. The van der Waals surface area contributed by atoms with Crippen molar-refractivity contribution in [2.75, 3.05) is 12.4 Å². The topological polar surface area (TPSA) is 66.5 Å². The summed E-state index contributed by atoms with van der Waals surface area (Å²) in [4.78, 5) is 11.4. The molecule has 25 heavy (non-hydrogen) atoms. The van der Waals surface area contributed by atoms with Crippen molar-refractivity contribution in [2.45, 2.75) is 55.9 Å². The lowest BCUT2D eigenvalue weighted by Crippen LogP contribution is -2.60. The van der Waals surface area contributed by atoms with Crippen molar-refractivity contribution in [3.63, 3.8) is 0 Å². The average Bonchev–Trinajstić information content (AvgIpc) is 2.53. The molecule has 0 saturated heterocycles. The minimum Gasteiger partial charge on any atom is -0.326 e. The van der Waals surface area contributed by atoms with Crippen molar-refractivity contribution in [3.8, 4) is 0 Å². The Labute approximate surface area is 149 Å². The van der Waals surface area contributed by atoms with Gasteiger partial charge in [-0.25, -0.2) is 8.42 Å². The van der Waals surface area contributed by atoms with Crippen molar-refractivity contribution in [3.05, 3.63) is 24.3 Å². The summed E-state index contributed by atoms with van der Waals surface area (Å²) < 4.78 is 28.1. The molecule has 1 amide bonds. The predicted molar refractivity (Wildman–Crippen MR) is 96.6 cm³/mol. The van der Waals surface area contributed by atoms with Gasteiger partial charge < -0.3 is 5.32 Å². The monoisotopic (exact) mass is 362 g/mol. The van der Waals surface area contributed by atoms with Crippen LogP contribution in [0.1, 0.15) is 45.4 Å². The van der Waals surface area contributed by atoms with E-state index < -0.39 is 10.0 Å². The summed E-state index contributed by atoms with van der Waals surface area (Å²) in [5, 5.41) is 2.67. The third kappa shape index (κ3) is 2.89. The summed E-state index contributed by atoms with van der Waals surface area (Å²) in [6, 6.07) is 6.50. The van der Waals surface area contributed by atoms with Crippen molar-refractivity contribution in [1.82, 2.24) is 4.31 Å². The van der Waals surface area contributed by atoms with Crippen molar-refractivity contribution in [2.24, 2.45) is 17.8 Å². The lowest BCUT2D eigenvalue weighted by molar-refractivity contribution is -0.114. The van der Waals surface area contributed by atoms with Gasteiger partial charge in [0.1, 0.15) is 0 Å². The van der Waals surface area contributed by atoms with Crippen molar-refractivity contribution < 1.29 is 13.2 Å². The van der Waals surface area contributed by atoms with Crippen LogP contribution in [0.3, 0.4) is 0 Å². The molecule has 1 aromatic rings. The molecule has 1 N–H and O–H groups in total. The number of carbonyl (C=O) groups is 1. The van der Waals surface area contributed by atoms with Crippen molar-refractivity contribution in [1.29, 1.82) is 0 Å². The Kier molecular flexibility index (Phi) is 3.96. The Morgan fingerprint density at radius 3 is 1.96 bits per heavy atom. The first-order chi connectivity index (χ1) is 11.8. The van der Waals surface area contributed by atoms with E-state index >= 15 is 0 Å². The Bertz CT molecular complexity index is 750. The van der Waals surface area contributed by atoms with E-state index in [1.807, 2.05) is 0 Å². The highest BCUT2D eigenvalue weighted by molar-refractivity contribution is 7.89. The van der Waals surface area contributed by atoms with Crippen LogP contribution in [-0.2, 0) is 14.8 Å². The molecule has 0 heterocycles.